The van der Waals surface area contributed by atoms with Gasteiger partial charge < -0.3 is 14.8 Å². The quantitative estimate of drug-likeness (QED) is 0.481. The summed E-state index contributed by atoms with van der Waals surface area (Å²) in [5.41, 5.74) is 0.509. The number of anilines is 1. The molecule has 3 aromatic rings. The van der Waals surface area contributed by atoms with Gasteiger partial charge >= 0.3 is 6.09 Å². The van der Waals surface area contributed by atoms with Crippen molar-refractivity contribution in [2.45, 2.75) is 26.4 Å². The smallest absolute Gasteiger partial charge is 0.424 e. The summed E-state index contributed by atoms with van der Waals surface area (Å²) in [6.45, 7) is 4.96. The fraction of sp³-hybridized carbons (Fsp3) is 0.143. The highest BCUT2D eigenvalue weighted by Crippen LogP contribution is 2.32. The predicted octanol–water partition coefficient (Wildman–Crippen LogP) is 5.48. The third-order valence-corrected chi connectivity index (χ3v) is 5.08. The number of ether oxygens (including phenoxy) is 2. The number of amides is 3. The Balaban J connectivity index is 1.63. The Morgan fingerprint density at radius 3 is 2.17 bits per heavy atom. The van der Waals surface area contributed by atoms with Crippen LogP contribution in [0.4, 0.5) is 10.5 Å². The third-order valence-electron chi connectivity index (χ3n) is 5.08. The number of imide groups is 3. The summed E-state index contributed by atoms with van der Waals surface area (Å²) in [4.78, 5) is 39.7. The van der Waals surface area contributed by atoms with Crippen LogP contribution in [0, 0.1) is 11.3 Å². The molecule has 0 atom stereocenters. The van der Waals surface area contributed by atoms with Crippen molar-refractivity contribution in [2.24, 2.45) is 0 Å². The first-order valence-corrected chi connectivity index (χ1v) is 11.1. The molecule has 1 heterocycles. The van der Waals surface area contributed by atoms with E-state index >= 15 is 0 Å². The maximum absolute atomic E-state index is 13.2. The number of nitrogens with one attached hydrogen (secondary N) is 1. The van der Waals surface area contributed by atoms with Crippen molar-refractivity contribution >= 4 is 29.2 Å². The monoisotopic (exact) mass is 481 g/mol. The minimum absolute atomic E-state index is 0.0412. The lowest BCUT2D eigenvalue weighted by atomic mass is 10.0. The molecular formula is C28H23N3O5. The number of hydrogen-bond donors (Lipinski definition) is 1. The highest BCUT2D eigenvalue weighted by Gasteiger charge is 2.45. The Morgan fingerprint density at radius 2 is 1.53 bits per heavy atom. The molecule has 8 heteroatoms. The first-order chi connectivity index (χ1) is 17.2. The van der Waals surface area contributed by atoms with E-state index in [0.29, 0.717) is 33.2 Å². The second-order valence-corrected chi connectivity index (χ2v) is 8.90. The van der Waals surface area contributed by atoms with Crippen LogP contribution in [-0.4, -0.2) is 28.4 Å². The Bertz CT molecular complexity index is 1400. The number of nitrogens with zero attached hydrogens (tertiary/aromatic N) is 2. The average molecular weight is 482 g/mol. The zero-order valence-corrected chi connectivity index (χ0v) is 19.9. The number of para-hydroxylation sites is 1. The summed E-state index contributed by atoms with van der Waals surface area (Å²) < 4.78 is 11.1. The Hall–Kier alpha value is -4.90. The van der Waals surface area contributed by atoms with Gasteiger partial charge in [-0.1, -0.05) is 42.5 Å². The first-order valence-electron chi connectivity index (χ1n) is 11.1. The lowest BCUT2D eigenvalue weighted by Gasteiger charge is -2.22. The molecule has 0 fully saturated rings. The second kappa shape index (κ2) is 9.76. The van der Waals surface area contributed by atoms with Crippen LogP contribution in [0.15, 0.2) is 84.6 Å². The van der Waals surface area contributed by atoms with Crippen LogP contribution in [0.1, 0.15) is 31.9 Å². The van der Waals surface area contributed by atoms with Crippen LogP contribution < -0.4 is 10.1 Å². The van der Waals surface area contributed by atoms with E-state index in [1.165, 1.54) is 0 Å². The van der Waals surface area contributed by atoms with Gasteiger partial charge in [0.05, 0.1) is 11.1 Å². The van der Waals surface area contributed by atoms with Crippen LogP contribution in [0.25, 0.3) is 5.57 Å². The van der Waals surface area contributed by atoms with Crippen LogP contribution in [-0.2, 0) is 14.3 Å². The maximum atomic E-state index is 13.2. The molecule has 36 heavy (non-hydrogen) atoms. The van der Waals surface area contributed by atoms with Crippen molar-refractivity contribution in [2.75, 3.05) is 5.32 Å². The lowest BCUT2D eigenvalue weighted by molar-refractivity contribution is -0.135. The van der Waals surface area contributed by atoms with Crippen molar-refractivity contribution < 1.29 is 23.9 Å². The average Bonchev–Trinajstić information content (AvgIpc) is 3.09. The molecule has 0 spiro atoms. The number of carbonyl (C=O) groups excluding carboxylic acids is 3. The van der Waals surface area contributed by atoms with E-state index in [4.69, 9.17) is 9.47 Å². The van der Waals surface area contributed by atoms with Gasteiger partial charge in [0, 0.05) is 5.69 Å². The molecule has 0 saturated carbocycles. The summed E-state index contributed by atoms with van der Waals surface area (Å²) in [6.07, 6.45) is -1.04. The van der Waals surface area contributed by atoms with Gasteiger partial charge in [-0.15, -0.1) is 0 Å². The largest absolute Gasteiger partial charge is 0.456 e. The van der Waals surface area contributed by atoms with E-state index in [2.05, 4.69) is 11.4 Å². The zero-order valence-electron chi connectivity index (χ0n) is 19.9. The molecule has 1 N–H and O–H groups in total. The highest BCUT2D eigenvalue weighted by molar-refractivity contribution is 6.40. The van der Waals surface area contributed by atoms with Gasteiger partial charge in [0.25, 0.3) is 11.8 Å². The van der Waals surface area contributed by atoms with E-state index in [9.17, 15) is 19.6 Å². The van der Waals surface area contributed by atoms with Crippen molar-refractivity contribution in [3.8, 4) is 17.6 Å². The van der Waals surface area contributed by atoms with Gasteiger partial charge in [-0.3, -0.25) is 9.59 Å². The molecule has 0 radical (unpaired) electrons. The molecule has 0 saturated heterocycles. The van der Waals surface area contributed by atoms with Crippen molar-refractivity contribution in [3.63, 3.8) is 0 Å². The van der Waals surface area contributed by atoms with E-state index in [-0.39, 0.29) is 11.3 Å². The van der Waals surface area contributed by atoms with Gasteiger partial charge in [-0.2, -0.15) is 10.2 Å². The van der Waals surface area contributed by atoms with Gasteiger partial charge in [-0.25, -0.2) is 4.79 Å². The van der Waals surface area contributed by atoms with Crippen molar-refractivity contribution in [3.05, 3.63) is 95.7 Å². The number of carbonyl (C=O) groups is 3. The number of nitriles is 1. The standard InChI is InChI=1S/C28H23N3O5/c1-28(2,3)36-27(34)31-25(32)23(18-9-5-4-6-10-18)24(26(31)33)30-20-13-15-21(16-14-20)35-22-12-8-7-11-19(22)17-29/h4-16,30H,1-3H3. The number of benzene rings is 3. The fourth-order valence-electron chi connectivity index (χ4n) is 3.52. The first kappa shape index (κ1) is 24.2. The molecule has 4 rings (SSSR count). The molecule has 180 valence electrons. The summed E-state index contributed by atoms with van der Waals surface area (Å²) in [6, 6.07) is 24.2. The maximum Gasteiger partial charge on any atom is 0.424 e. The van der Waals surface area contributed by atoms with E-state index in [1.807, 2.05) is 0 Å². The topological polar surface area (TPSA) is 109 Å². The molecule has 0 aliphatic carbocycles. The fourth-order valence-corrected chi connectivity index (χ4v) is 3.52. The van der Waals surface area contributed by atoms with Crippen molar-refractivity contribution in [1.29, 1.82) is 5.26 Å². The Kier molecular flexibility index (Phi) is 6.57. The molecule has 0 bridgehead atoms. The molecule has 1 aliphatic rings. The summed E-state index contributed by atoms with van der Waals surface area (Å²) in [7, 11) is 0. The zero-order chi connectivity index (χ0) is 25.9. The van der Waals surface area contributed by atoms with Crippen LogP contribution >= 0.6 is 0 Å². The molecule has 3 amide bonds. The van der Waals surface area contributed by atoms with Gasteiger partial charge in [0.15, 0.2) is 0 Å². The van der Waals surface area contributed by atoms with Crippen LogP contribution in [0.2, 0.25) is 0 Å². The molecular weight excluding hydrogens is 458 g/mol. The minimum atomic E-state index is -1.04. The van der Waals surface area contributed by atoms with Crippen LogP contribution in [0.5, 0.6) is 11.5 Å². The molecule has 1 aliphatic heterocycles. The third kappa shape index (κ3) is 5.10. The second-order valence-electron chi connectivity index (χ2n) is 8.90. The Labute approximate surface area is 208 Å². The molecule has 0 aromatic heterocycles. The summed E-state index contributed by atoms with van der Waals surface area (Å²) in [5.74, 6) is -0.684. The number of hydrogen-bond acceptors (Lipinski definition) is 7. The van der Waals surface area contributed by atoms with E-state index in [0.717, 1.165) is 0 Å². The lowest BCUT2D eigenvalue weighted by Crippen LogP contribution is -2.41. The molecule has 8 nitrogen and oxygen atoms in total. The van der Waals surface area contributed by atoms with E-state index < -0.39 is 23.5 Å². The molecule has 3 aromatic carbocycles. The van der Waals surface area contributed by atoms with Crippen LogP contribution in [0.3, 0.4) is 0 Å². The van der Waals surface area contributed by atoms with Gasteiger partial charge in [-0.05, 0) is 62.7 Å². The van der Waals surface area contributed by atoms with Gasteiger partial charge in [0.2, 0.25) is 0 Å². The Morgan fingerprint density at radius 1 is 0.889 bits per heavy atom. The van der Waals surface area contributed by atoms with Crippen molar-refractivity contribution in [1.82, 2.24) is 4.90 Å². The number of rotatable bonds is 5. The SMILES string of the molecule is CC(C)(C)OC(=O)N1C(=O)C(Nc2ccc(Oc3ccccc3C#N)cc2)=C(c2ccccc2)C1=O. The summed E-state index contributed by atoms with van der Waals surface area (Å²) >= 11 is 0. The molecule has 0 unspecified atom stereocenters. The highest BCUT2D eigenvalue weighted by atomic mass is 16.6. The normalized spacial score (nSPS) is 13.4. The van der Waals surface area contributed by atoms with Gasteiger partial charge in [0.1, 0.15) is 28.9 Å². The minimum Gasteiger partial charge on any atom is -0.456 e. The summed E-state index contributed by atoms with van der Waals surface area (Å²) in [5, 5.41) is 12.2. The van der Waals surface area contributed by atoms with E-state index in [1.54, 1.807) is 99.6 Å². The predicted molar refractivity (Wildman–Crippen MR) is 133 cm³/mol.